The number of hydrogen-bond donors (Lipinski definition) is 0. The molecule has 24 heavy (non-hydrogen) atoms. The third-order valence-corrected chi connectivity index (χ3v) is 4.17. The third-order valence-electron chi connectivity index (χ3n) is 4.17. The topological polar surface area (TPSA) is 35.5 Å². The number of carbonyl (C=O) groups excluding carboxylic acids is 1. The quantitative estimate of drug-likeness (QED) is 0.497. The number of carbonyl (C=O) groups is 1. The predicted octanol–water partition coefficient (Wildman–Crippen LogP) is 5.01. The number of allylic oxidation sites excluding steroid dienone is 3. The van der Waals surface area contributed by atoms with E-state index in [0.29, 0.717) is 13.2 Å². The number of ether oxygens (including phenoxy) is 2. The van der Waals surface area contributed by atoms with Crippen molar-refractivity contribution in [3.63, 3.8) is 0 Å². The highest BCUT2D eigenvalue weighted by molar-refractivity contribution is 5.65. The highest BCUT2D eigenvalue weighted by Crippen LogP contribution is 2.21. The van der Waals surface area contributed by atoms with E-state index in [-0.39, 0.29) is 5.97 Å². The van der Waals surface area contributed by atoms with Crippen molar-refractivity contribution in [3.8, 4) is 5.75 Å². The summed E-state index contributed by atoms with van der Waals surface area (Å²) in [6, 6.07) is 8.03. The van der Waals surface area contributed by atoms with E-state index in [9.17, 15) is 4.79 Å². The zero-order chi connectivity index (χ0) is 17.2. The van der Waals surface area contributed by atoms with Crippen LogP contribution in [0.2, 0.25) is 0 Å². The van der Waals surface area contributed by atoms with Crippen LogP contribution in [0, 0.1) is 0 Å². The average molecular weight is 328 g/mol. The number of rotatable bonds is 8. The van der Waals surface area contributed by atoms with Crippen molar-refractivity contribution in [2.45, 2.75) is 52.4 Å². The lowest BCUT2D eigenvalue weighted by molar-refractivity contribution is -0.140. The van der Waals surface area contributed by atoms with Crippen LogP contribution in [0.25, 0.3) is 0 Å². The van der Waals surface area contributed by atoms with Crippen molar-refractivity contribution in [1.29, 1.82) is 0 Å². The van der Waals surface area contributed by atoms with Crippen molar-refractivity contribution >= 4 is 5.97 Å². The van der Waals surface area contributed by atoms with Crippen molar-refractivity contribution in [3.05, 3.63) is 53.1 Å². The van der Waals surface area contributed by atoms with Crippen LogP contribution < -0.4 is 4.74 Å². The molecule has 0 N–H and O–H groups in total. The first-order valence-electron chi connectivity index (χ1n) is 8.88. The van der Waals surface area contributed by atoms with Gasteiger partial charge in [-0.1, -0.05) is 43.2 Å². The molecule has 1 aromatic rings. The van der Waals surface area contributed by atoms with E-state index in [2.05, 4.69) is 19.1 Å². The van der Waals surface area contributed by atoms with Crippen LogP contribution >= 0.6 is 0 Å². The zero-order valence-corrected chi connectivity index (χ0v) is 14.8. The smallest absolute Gasteiger partial charge is 0.302 e. The van der Waals surface area contributed by atoms with E-state index < -0.39 is 0 Å². The Bertz CT molecular complexity index is 582. The van der Waals surface area contributed by atoms with Crippen LogP contribution in [-0.4, -0.2) is 19.2 Å². The summed E-state index contributed by atoms with van der Waals surface area (Å²) in [4.78, 5) is 10.8. The Morgan fingerprint density at radius 3 is 2.58 bits per heavy atom. The fraction of sp³-hybridized carbons (Fsp3) is 0.476. The van der Waals surface area contributed by atoms with Crippen molar-refractivity contribution in [2.24, 2.45) is 0 Å². The van der Waals surface area contributed by atoms with Gasteiger partial charge in [-0.25, -0.2) is 0 Å². The molecule has 0 aliphatic heterocycles. The molecule has 0 fully saturated rings. The molecule has 1 aliphatic rings. The van der Waals surface area contributed by atoms with Gasteiger partial charge in [0.15, 0.2) is 0 Å². The van der Waals surface area contributed by atoms with Gasteiger partial charge in [-0.05, 0) is 49.0 Å². The molecule has 0 bridgehead atoms. The number of hydrogen-bond acceptors (Lipinski definition) is 3. The molecule has 0 amide bonds. The Hall–Kier alpha value is -2.03. The van der Waals surface area contributed by atoms with Gasteiger partial charge in [0.2, 0.25) is 0 Å². The third kappa shape index (κ3) is 6.61. The molecule has 130 valence electrons. The minimum Gasteiger partial charge on any atom is -0.489 e. The molecule has 0 atom stereocenters. The maximum atomic E-state index is 10.8. The summed E-state index contributed by atoms with van der Waals surface area (Å²) < 4.78 is 10.9. The van der Waals surface area contributed by atoms with Gasteiger partial charge in [0, 0.05) is 13.3 Å². The first kappa shape index (κ1) is 18.3. The molecule has 1 aromatic carbocycles. The van der Waals surface area contributed by atoms with E-state index >= 15 is 0 Å². The van der Waals surface area contributed by atoms with E-state index in [1.165, 1.54) is 25.3 Å². The fourth-order valence-corrected chi connectivity index (χ4v) is 2.82. The van der Waals surface area contributed by atoms with Crippen molar-refractivity contribution < 1.29 is 14.3 Å². The second kappa shape index (κ2) is 9.96. The van der Waals surface area contributed by atoms with Gasteiger partial charge in [0.25, 0.3) is 0 Å². The van der Waals surface area contributed by atoms with Gasteiger partial charge < -0.3 is 9.47 Å². The van der Waals surface area contributed by atoms with Gasteiger partial charge >= 0.3 is 5.97 Å². The Labute approximate surface area is 145 Å². The largest absolute Gasteiger partial charge is 0.489 e. The van der Waals surface area contributed by atoms with Gasteiger partial charge in [-0.2, -0.15) is 0 Å². The first-order chi connectivity index (χ1) is 11.7. The molecule has 0 saturated carbocycles. The lowest BCUT2D eigenvalue weighted by atomic mass is 10.1. The van der Waals surface area contributed by atoms with Gasteiger partial charge in [-0.15, -0.1) is 0 Å². The average Bonchev–Trinajstić information content (AvgIpc) is 2.80. The summed E-state index contributed by atoms with van der Waals surface area (Å²) in [5, 5.41) is 0. The SMILES string of the molecule is CCCC1=CCCC(COc2ccc(CCOC(C)=O)cc2)=CC1. The van der Waals surface area contributed by atoms with Gasteiger partial charge in [0.05, 0.1) is 6.61 Å². The summed E-state index contributed by atoms with van der Waals surface area (Å²) in [7, 11) is 0. The maximum absolute atomic E-state index is 10.8. The van der Waals surface area contributed by atoms with Crippen LogP contribution in [0.1, 0.15) is 51.5 Å². The molecule has 0 heterocycles. The van der Waals surface area contributed by atoms with Crippen LogP contribution in [0.4, 0.5) is 0 Å². The van der Waals surface area contributed by atoms with E-state index in [4.69, 9.17) is 9.47 Å². The fourth-order valence-electron chi connectivity index (χ4n) is 2.82. The zero-order valence-electron chi connectivity index (χ0n) is 14.8. The molecular formula is C21H28O3. The molecule has 1 aliphatic carbocycles. The molecule has 3 nitrogen and oxygen atoms in total. The van der Waals surface area contributed by atoms with Crippen molar-refractivity contribution in [1.82, 2.24) is 0 Å². The van der Waals surface area contributed by atoms with Gasteiger partial charge in [-0.3, -0.25) is 4.79 Å². The van der Waals surface area contributed by atoms with Gasteiger partial charge in [0.1, 0.15) is 12.4 Å². The summed E-state index contributed by atoms with van der Waals surface area (Å²) >= 11 is 0. The Morgan fingerprint density at radius 2 is 1.88 bits per heavy atom. The molecular weight excluding hydrogens is 300 g/mol. The van der Waals surface area contributed by atoms with E-state index in [1.807, 2.05) is 24.3 Å². The standard InChI is InChI=1S/C21H28O3/c1-3-5-18-6-4-7-20(9-8-18)16-24-21-12-10-19(11-13-21)14-15-23-17(2)22/h6,9-13H,3-5,7-8,14-16H2,1-2H3. The molecule has 0 aromatic heterocycles. The van der Waals surface area contributed by atoms with Crippen LogP contribution in [0.5, 0.6) is 5.75 Å². The van der Waals surface area contributed by atoms with Crippen LogP contribution in [0.3, 0.4) is 0 Å². The van der Waals surface area contributed by atoms with Crippen LogP contribution in [-0.2, 0) is 16.0 Å². The lowest BCUT2D eigenvalue weighted by Crippen LogP contribution is -2.04. The highest BCUT2D eigenvalue weighted by Gasteiger charge is 2.05. The minimum absolute atomic E-state index is 0.233. The molecule has 0 radical (unpaired) electrons. The van der Waals surface area contributed by atoms with E-state index in [1.54, 1.807) is 5.57 Å². The normalized spacial score (nSPS) is 14.4. The van der Waals surface area contributed by atoms with E-state index in [0.717, 1.165) is 37.0 Å². The minimum atomic E-state index is -0.233. The maximum Gasteiger partial charge on any atom is 0.302 e. The Kier molecular flexibility index (Phi) is 7.60. The van der Waals surface area contributed by atoms with Crippen LogP contribution in [0.15, 0.2) is 47.6 Å². The summed E-state index contributed by atoms with van der Waals surface area (Å²) in [6.45, 7) is 4.75. The molecule has 0 spiro atoms. The molecule has 0 saturated heterocycles. The molecule has 0 unspecified atom stereocenters. The second-order valence-corrected chi connectivity index (χ2v) is 6.24. The molecule has 2 rings (SSSR count). The lowest BCUT2D eigenvalue weighted by Gasteiger charge is -2.09. The number of esters is 1. The highest BCUT2D eigenvalue weighted by atomic mass is 16.5. The summed E-state index contributed by atoms with van der Waals surface area (Å²) in [5.41, 5.74) is 4.09. The monoisotopic (exact) mass is 328 g/mol. The van der Waals surface area contributed by atoms with Crippen molar-refractivity contribution in [2.75, 3.05) is 13.2 Å². The summed E-state index contributed by atoms with van der Waals surface area (Å²) in [6.07, 6.45) is 11.2. The summed E-state index contributed by atoms with van der Waals surface area (Å²) in [5.74, 6) is 0.654. The Balaban J connectivity index is 1.77. The molecule has 3 heteroatoms. The first-order valence-corrected chi connectivity index (χ1v) is 8.88. The number of benzene rings is 1. The Morgan fingerprint density at radius 1 is 1.08 bits per heavy atom. The second-order valence-electron chi connectivity index (χ2n) is 6.24. The predicted molar refractivity (Wildman–Crippen MR) is 97.2 cm³/mol.